The van der Waals surface area contributed by atoms with Gasteiger partial charge in [0.2, 0.25) is 11.9 Å². The molecule has 0 radical (unpaired) electrons. The van der Waals surface area contributed by atoms with E-state index in [9.17, 15) is 13.2 Å². The fraction of sp³-hybridized carbons (Fsp3) is 0.162. The van der Waals surface area contributed by atoms with Crippen LogP contribution in [0.25, 0.3) is 11.4 Å². The first-order valence-electron chi connectivity index (χ1n) is 15.7. The van der Waals surface area contributed by atoms with Crippen LogP contribution in [0.3, 0.4) is 0 Å². The summed E-state index contributed by atoms with van der Waals surface area (Å²) < 4.78 is 63.3. The highest BCUT2D eigenvalue weighted by atomic mass is 32.2. The van der Waals surface area contributed by atoms with Crippen LogP contribution in [-0.4, -0.2) is 27.9 Å². The van der Waals surface area contributed by atoms with Crippen molar-refractivity contribution >= 4 is 15.9 Å². The van der Waals surface area contributed by atoms with Gasteiger partial charge in [0.1, 0.15) is 22.3 Å². The van der Waals surface area contributed by atoms with Gasteiger partial charge in [-0.25, -0.2) is 4.98 Å². The van der Waals surface area contributed by atoms with Gasteiger partial charge in [0.25, 0.3) is 5.56 Å². The molecule has 1 N–H and O–H groups in total. The number of hydrogen-bond donors (Lipinski definition) is 1. The third-order valence-electron chi connectivity index (χ3n) is 8.49. The van der Waals surface area contributed by atoms with Crippen LogP contribution in [0, 0.1) is 18.8 Å². The summed E-state index contributed by atoms with van der Waals surface area (Å²) in [5.74, 6) is -1.50. The van der Waals surface area contributed by atoms with Crippen molar-refractivity contribution in [1.29, 1.82) is 0 Å². The van der Waals surface area contributed by atoms with Crippen molar-refractivity contribution in [2.24, 2.45) is 0 Å². The molecule has 0 amide bonds. The molecule has 4 heterocycles. The van der Waals surface area contributed by atoms with E-state index in [0.717, 1.165) is 22.8 Å². The lowest BCUT2D eigenvalue weighted by Gasteiger charge is -2.24. The van der Waals surface area contributed by atoms with Crippen LogP contribution in [0.2, 0.25) is 0 Å². The fourth-order valence-electron chi connectivity index (χ4n) is 6.09. The maximum Gasteiger partial charge on any atom is 0.339 e. The van der Waals surface area contributed by atoms with Crippen molar-refractivity contribution in [3.63, 3.8) is 0 Å². The number of hydrogen-bond acceptors (Lipinski definition) is 7. The molecule has 3 aromatic heterocycles. The minimum atomic E-state index is -4.18. The van der Waals surface area contributed by atoms with Crippen LogP contribution in [0.5, 0.6) is 5.75 Å². The first-order chi connectivity index (χ1) is 23.6. The van der Waals surface area contributed by atoms with Crippen LogP contribution >= 0.6 is 0 Å². The Hall–Kier alpha value is -5.62. The Labute approximate surface area is 281 Å². The van der Waals surface area contributed by atoms with Gasteiger partial charge in [0.15, 0.2) is 0 Å². The number of aromatic amines is 1. The van der Waals surface area contributed by atoms with Crippen molar-refractivity contribution in [2.75, 3.05) is 4.90 Å². The lowest BCUT2D eigenvalue weighted by atomic mass is 10.1. The molecule has 1 aliphatic rings. The van der Waals surface area contributed by atoms with E-state index in [1.54, 1.807) is 18.2 Å². The number of nitrogens with zero attached hydrogens (tertiary/aromatic N) is 4. The molecular formula is C37H31F2N5O4S. The van der Waals surface area contributed by atoms with E-state index in [2.05, 4.69) is 15.0 Å². The van der Waals surface area contributed by atoms with Crippen LogP contribution < -0.4 is 14.6 Å². The highest BCUT2D eigenvalue weighted by Gasteiger charge is 2.31. The number of pyridine rings is 2. The molecule has 0 aliphatic carbocycles. The van der Waals surface area contributed by atoms with Gasteiger partial charge >= 0.3 is 10.1 Å². The number of aromatic nitrogens is 4. The second kappa shape index (κ2) is 13.1. The minimum Gasteiger partial charge on any atom is -0.379 e. The van der Waals surface area contributed by atoms with Gasteiger partial charge in [-0.1, -0.05) is 78.4 Å². The van der Waals surface area contributed by atoms with Gasteiger partial charge < -0.3 is 18.6 Å². The first-order valence-corrected chi connectivity index (χ1v) is 17.1. The fourth-order valence-corrected chi connectivity index (χ4v) is 7.00. The van der Waals surface area contributed by atoms with Crippen molar-refractivity contribution in [1.82, 2.24) is 19.5 Å². The number of halogens is 2. The molecule has 7 rings (SSSR count). The zero-order valence-corrected chi connectivity index (χ0v) is 27.2. The zero-order chi connectivity index (χ0) is 34.1. The summed E-state index contributed by atoms with van der Waals surface area (Å²) in [5.41, 5.74) is 2.83. The van der Waals surface area contributed by atoms with Crippen molar-refractivity contribution < 1.29 is 21.4 Å². The Morgan fingerprint density at radius 1 is 0.857 bits per heavy atom. The van der Waals surface area contributed by atoms with E-state index < -0.39 is 33.6 Å². The number of imidazole rings is 1. The normalized spacial score (nSPS) is 14.1. The molecule has 1 aliphatic heterocycles. The summed E-state index contributed by atoms with van der Waals surface area (Å²) >= 11 is 0. The summed E-state index contributed by atoms with van der Waals surface area (Å²) in [4.78, 5) is 26.3. The molecule has 6 aromatic rings. The number of H-pyrrole nitrogens is 1. The number of rotatable bonds is 10. The van der Waals surface area contributed by atoms with Crippen molar-refractivity contribution in [2.45, 2.75) is 43.8 Å². The van der Waals surface area contributed by atoms with Crippen LogP contribution in [-0.2, 0) is 29.6 Å². The molecule has 49 heavy (non-hydrogen) atoms. The molecular weight excluding hydrogens is 649 g/mol. The molecule has 0 spiro atoms. The molecule has 12 heteroatoms. The molecule has 9 nitrogen and oxygen atoms in total. The second-order valence-corrected chi connectivity index (χ2v) is 13.5. The quantitative estimate of drug-likeness (QED) is 0.126. The molecule has 0 bridgehead atoms. The Morgan fingerprint density at radius 3 is 2.14 bits per heavy atom. The average molecular weight is 680 g/mol. The van der Waals surface area contributed by atoms with Crippen molar-refractivity contribution in [3.8, 4) is 17.1 Å². The highest BCUT2D eigenvalue weighted by Crippen LogP contribution is 2.34. The number of aryl methyl sites for hydroxylation is 2. The number of nitrogens with one attached hydrogen (secondary N) is 1. The number of fused-ring (bicyclic) bond motifs is 1. The van der Waals surface area contributed by atoms with Crippen LogP contribution in [0.15, 0.2) is 119 Å². The predicted octanol–water partition coefficient (Wildman–Crippen LogP) is 6.73. The Kier molecular flexibility index (Phi) is 8.55. The largest absolute Gasteiger partial charge is 0.379 e. The maximum absolute atomic E-state index is 15.7. The third kappa shape index (κ3) is 6.72. The monoisotopic (exact) mass is 679 g/mol. The second-order valence-electron chi connectivity index (χ2n) is 11.9. The summed E-state index contributed by atoms with van der Waals surface area (Å²) in [7, 11) is -4.18. The van der Waals surface area contributed by atoms with Gasteiger partial charge in [-0.05, 0) is 55.2 Å². The Balaban J connectivity index is 1.14. The van der Waals surface area contributed by atoms with E-state index in [-0.39, 0.29) is 27.7 Å². The molecule has 0 saturated carbocycles. The van der Waals surface area contributed by atoms with Gasteiger partial charge in [0.05, 0.1) is 17.3 Å². The highest BCUT2D eigenvalue weighted by molar-refractivity contribution is 7.87. The van der Waals surface area contributed by atoms with E-state index in [4.69, 9.17) is 4.18 Å². The lowest BCUT2D eigenvalue weighted by molar-refractivity contribution is 0.482. The molecule has 248 valence electrons. The van der Waals surface area contributed by atoms with Gasteiger partial charge in [-0.15, -0.1) is 0 Å². The van der Waals surface area contributed by atoms with E-state index >= 15 is 8.78 Å². The Morgan fingerprint density at radius 2 is 1.51 bits per heavy atom. The molecule has 0 saturated heterocycles. The average Bonchev–Trinajstić information content (AvgIpc) is 3.68. The lowest BCUT2D eigenvalue weighted by Crippen LogP contribution is -2.24. The SMILES string of the molecule is Cc1ccc(S(=O)(=O)Oc2cc3n(c(=O)c2)[C@H](c2[nH]c(-c4ccc(N(Cc5ccccc5)Cc5ccccc5)nc4F)nc2F)CC3)cc1. The minimum absolute atomic E-state index is 0.00931. The summed E-state index contributed by atoms with van der Waals surface area (Å²) in [5, 5.41) is 0. The summed E-state index contributed by atoms with van der Waals surface area (Å²) in [6.45, 7) is 2.81. The maximum atomic E-state index is 15.7. The van der Waals surface area contributed by atoms with Crippen molar-refractivity contribution in [3.05, 3.63) is 160 Å². The number of benzene rings is 3. The summed E-state index contributed by atoms with van der Waals surface area (Å²) in [6, 6.07) is 30.7. The zero-order valence-electron chi connectivity index (χ0n) is 26.4. The van der Waals surface area contributed by atoms with Gasteiger partial charge in [-0.3, -0.25) is 4.79 Å². The van der Waals surface area contributed by atoms with E-state index in [1.165, 1.54) is 28.8 Å². The molecule has 3 aromatic carbocycles. The van der Waals surface area contributed by atoms with E-state index in [1.807, 2.05) is 72.5 Å². The molecule has 0 fully saturated rings. The third-order valence-corrected chi connectivity index (χ3v) is 9.75. The Bertz CT molecular complexity index is 2250. The standard InChI is InChI=1S/C37H31F2N5O4S/c1-24-12-15-29(16-13-24)49(46,47)48-28-20-27-14-18-31(44(27)33(45)21-28)34-36(39)42-37(41-34)30-17-19-32(40-35(30)38)43(22-25-8-4-2-5-9-25)23-26-10-6-3-7-11-26/h2-13,15-17,19-21,31H,14,18,22-23H2,1H3,(H,41,42)/t31-/m0/s1. The van der Waals surface area contributed by atoms with E-state index in [0.29, 0.717) is 37.4 Å². The first kappa shape index (κ1) is 32.0. The van der Waals surface area contributed by atoms with Crippen LogP contribution in [0.1, 0.15) is 40.5 Å². The van der Waals surface area contributed by atoms with Gasteiger partial charge in [-0.2, -0.15) is 22.2 Å². The molecule has 1 atom stereocenters. The smallest absolute Gasteiger partial charge is 0.339 e. The molecule has 0 unspecified atom stereocenters. The predicted molar refractivity (Wildman–Crippen MR) is 181 cm³/mol. The van der Waals surface area contributed by atoms with Crippen LogP contribution in [0.4, 0.5) is 14.6 Å². The van der Waals surface area contributed by atoms with Gasteiger partial charge in [0, 0.05) is 30.9 Å². The summed E-state index contributed by atoms with van der Waals surface area (Å²) in [6.07, 6.45) is 0.675. The number of anilines is 1. The topological polar surface area (TPSA) is 110 Å².